The SMILES string of the molecule is O=C1N=C2CC=CC=C2C1=O. The van der Waals surface area contributed by atoms with Crippen LogP contribution in [0.5, 0.6) is 0 Å². The van der Waals surface area contributed by atoms with Crippen LogP contribution in [0.3, 0.4) is 0 Å². The van der Waals surface area contributed by atoms with E-state index in [1.54, 1.807) is 12.2 Å². The van der Waals surface area contributed by atoms with Crippen molar-refractivity contribution in [3.05, 3.63) is 23.8 Å². The molecule has 0 fully saturated rings. The molecule has 1 aliphatic carbocycles. The molecule has 3 nitrogen and oxygen atoms in total. The highest BCUT2D eigenvalue weighted by Crippen LogP contribution is 2.17. The summed E-state index contributed by atoms with van der Waals surface area (Å²) in [6.07, 6.45) is 5.87. The smallest absolute Gasteiger partial charge is 0.283 e. The largest absolute Gasteiger partial charge is 0.318 e. The molecule has 1 heterocycles. The summed E-state index contributed by atoms with van der Waals surface area (Å²) in [6, 6.07) is 0. The van der Waals surface area contributed by atoms with Gasteiger partial charge in [0, 0.05) is 12.0 Å². The minimum Gasteiger partial charge on any atom is -0.283 e. The number of rotatable bonds is 0. The minimum atomic E-state index is -0.630. The van der Waals surface area contributed by atoms with Gasteiger partial charge in [0.05, 0.1) is 5.71 Å². The fourth-order valence-corrected chi connectivity index (χ4v) is 1.15. The predicted molar refractivity (Wildman–Crippen MR) is 39.3 cm³/mol. The predicted octanol–water partition coefficient (Wildman–Crippen LogP) is 0.423. The number of ketones is 1. The molecule has 0 bridgehead atoms. The van der Waals surface area contributed by atoms with Crippen LogP contribution in [0.1, 0.15) is 6.42 Å². The fourth-order valence-electron chi connectivity index (χ4n) is 1.15. The third kappa shape index (κ3) is 0.774. The summed E-state index contributed by atoms with van der Waals surface area (Å²) < 4.78 is 0. The summed E-state index contributed by atoms with van der Waals surface area (Å²) >= 11 is 0. The molecule has 1 amide bonds. The van der Waals surface area contributed by atoms with Crippen molar-refractivity contribution in [1.29, 1.82) is 0 Å². The Kier molecular flexibility index (Phi) is 1.12. The molecule has 11 heavy (non-hydrogen) atoms. The number of Topliss-reactive ketones (excluding diaryl/α,β-unsaturated/α-hetero) is 1. The maximum absolute atomic E-state index is 11.0. The lowest BCUT2D eigenvalue weighted by Crippen LogP contribution is -2.10. The molecule has 3 heteroatoms. The van der Waals surface area contributed by atoms with Gasteiger partial charge in [0.2, 0.25) is 0 Å². The van der Waals surface area contributed by atoms with Gasteiger partial charge in [-0.25, -0.2) is 4.99 Å². The van der Waals surface area contributed by atoms with E-state index in [9.17, 15) is 9.59 Å². The van der Waals surface area contributed by atoms with Gasteiger partial charge in [0.15, 0.2) is 0 Å². The van der Waals surface area contributed by atoms with Crippen LogP contribution in [0.4, 0.5) is 0 Å². The lowest BCUT2D eigenvalue weighted by atomic mass is 10.0. The van der Waals surface area contributed by atoms with Gasteiger partial charge in [-0.3, -0.25) is 9.59 Å². The Bertz CT molecular complexity index is 334. The molecule has 0 saturated carbocycles. The molecule has 0 spiro atoms. The molecule has 0 aromatic heterocycles. The molecule has 2 rings (SSSR count). The van der Waals surface area contributed by atoms with E-state index in [1.165, 1.54) is 0 Å². The number of fused-ring (bicyclic) bond motifs is 1. The number of amides is 1. The summed E-state index contributed by atoms with van der Waals surface area (Å²) in [5.74, 6) is -1.10. The van der Waals surface area contributed by atoms with E-state index in [2.05, 4.69) is 4.99 Å². The molecule has 0 N–H and O–H groups in total. The van der Waals surface area contributed by atoms with Crippen molar-refractivity contribution < 1.29 is 9.59 Å². The Balaban J connectivity index is 2.53. The highest BCUT2D eigenvalue weighted by atomic mass is 16.2. The summed E-state index contributed by atoms with van der Waals surface area (Å²) in [7, 11) is 0. The zero-order valence-corrected chi connectivity index (χ0v) is 5.70. The van der Waals surface area contributed by atoms with E-state index < -0.39 is 11.7 Å². The summed E-state index contributed by atoms with van der Waals surface area (Å²) in [5, 5.41) is 0. The number of nitrogens with zero attached hydrogens (tertiary/aromatic N) is 1. The van der Waals surface area contributed by atoms with E-state index in [1.807, 2.05) is 6.08 Å². The van der Waals surface area contributed by atoms with E-state index in [4.69, 9.17) is 0 Å². The molecule has 0 aromatic carbocycles. The highest BCUT2D eigenvalue weighted by Gasteiger charge is 2.29. The monoisotopic (exact) mass is 147 g/mol. The Morgan fingerprint density at radius 3 is 2.91 bits per heavy atom. The van der Waals surface area contributed by atoms with Gasteiger partial charge in [0.25, 0.3) is 5.78 Å². The van der Waals surface area contributed by atoms with Crippen LogP contribution in [0.15, 0.2) is 28.8 Å². The first-order chi connectivity index (χ1) is 5.29. The molecule has 0 unspecified atom stereocenters. The van der Waals surface area contributed by atoms with E-state index in [-0.39, 0.29) is 0 Å². The summed E-state index contributed by atoms with van der Waals surface area (Å²) in [4.78, 5) is 25.3. The standard InChI is InChI=1S/C8H5NO2/c10-7-5-3-1-2-4-6(5)9-8(7)11/h1-3H,4H2. The van der Waals surface area contributed by atoms with Crippen LogP contribution < -0.4 is 0 Å². The molecule has 54 valence electrons. The van der Waals surface area contributed by atoms with Gasteiger partial charge in [-0.15, -0.1) is 0 Å². The maximum Gasteiger partial charge on any atom is 0.318 e. The molecule has 0 saturated heterocycles. The Morgan fingerprint density at radius 1 is 1.36 bits per heavy atom. The Hall–Kier alpha value is -1.51. The van der Waals surface area contributed by atoms with Gasteiger partial charge in [-0.2, -0.15) is 0 Å². The third-order valence-electron chi connectivity index (χ3n) is 1.70. The lowest BCUT2D eigenvalue weighted by molar-refractivity contribution is -0.132. The second-order valence-electron chi connectivity index (χ2n) is 2.41. The average molecular weight is 147 g/mol. The van der Waals surface area contributed by atoms with Crippen LogP contribution in [0.2, 0.25) is 0 Å². The third-order valence-corrected chi connectivity index (χ3v) is 1.70. The first kappa shape index (κ1) is 6.22. The zero-order chi connectivity index (χ0) is 7.84. The summed E-state index contributed by atoms with van der Waals surface area (Å²) in [5.41, 5.74) is 1.08. The van der Waals surface area contributed by atoms with Crippen LogP contribution >= 0.6 is 0 Å². The van der Waals surface area contributed by atoms with Crippen molar-refractivity contribution in [3.8, 4) is 0 Å². The second kappa shape index (κ2) is 1.99. The number of carbonyl (C=O) groups is 2. The van der Waals surface area contributed by atoms with Crippen molar-refractivity contribution >= 4 is 17.4 Å². The molecule has 0 aromatic rings. The molecular formula is C8H5NO2. The fraction of sp³-hybridized carbons (Fsp3) is 0.125. The summed E-state index contributed by atoms with van der Waals surface area (Å²) in [6.45, 7) is 0. The van der Waals surface area contributed by atoms with Crippen molar-refractivity contribution in [3.63, 3.8) is 0 Å². The quantitative estimate of drug-likeness (QED) is 0.466. The van der Waals surface area contributed by atoms with Crippen molar-refractivity contribution in [1.82, 2.24) is 0 Å². The first-order valence-electron chi connectivity index (χ1n) is 3.32. The van der Waals surface area contributed by atoms with Gasteiger partial charge < -0.3 is 0 Å². The van der Waals surface area contributed by atoms with Crippen molar-refractivity contribution in [2.45, 2.75) is 6.42 Å². The number of allylic oxidation sites excluding steroid dienone is 3. The van der Waals surface area contributed by atoms with Crippen LogP contribution in [-0.2, 0) is 9.59 Å². The molecule has 0 radical (unpaired) electrons. The molecular weight excluding hydrogens is 142 g/mol. The maximum atomic E-state index is 11.0. The number of carbonyl (C=O) groups excluding carboxylic acids is 2. The average Bonchev–Trinajstić information content (AvgIpc) is 2.30. The molecule has 2 aliphatic rings. The highest BCUT2D eigenvalue weighted by molar-refractivity contribution is 6.56. The second-order valence-corrected chi connectivity index (χ2v) is 2.41. The Morgan fingerprint density at radius 2 is 2.18 bits per heavy atom. The van der Waals surface area contributed by atoms with Gasteiger partial charge in [-0.05, 0) is 6.08 Å². The Labute approximate surface area is 63.1 Å². The number of hydrogen-bond donors (Lipinski definition) is 0. The minimum absolute atomic E-state index is 0.468. The lowest BCUT2D eigenvalue weighted by Gasteiger charge is -1.99. The number of aliphatic imine (C=N–C) groups is 1. The van der Waals surface area contributed by atoms with Gasteiger partial charge in [0.1, 0.15) is 0 Å². The van der Waals surface area contributed by atoms with Crippen LogP contribution in [0.25, 0.3) is 0 Å². The van der Waals surface area contributed by atoms with E-state index >= 15 is 0 Å². The first-order valence-corrected chi connectivity index (χ1v) is 3.32. The van der Waals surface area contributed by atoms with Crippen molar-refractivity contribution in [2.75, 3.05) is 0 Å². The number of hydrogen-bond acceptors (Lipinski definition) is 2. The van der Waals surface area contributed by atoms with Crippen LogP contribution in [-0.4, -0.2) is 17.4 Å². The molecule has 0 atom stereocenters. The topological polar surface area (TPSA) is 46.5 Å². The van der Waals surface area contributed by atoms with Gasteiger partial charge in [-0.1, -0.05) is 12.2 Å². The molecule has 1 aliphatic heterocycles. The van der Waals surface area contributed by atoms with E-state index in [0.29, 0.717) is 17.7 Å². The van der Waals surface area contributed by atoms with Crippen molar-refractivity contribution in [2.24, 2.45) is 4.99 Å². The van der Waals surface area contributed by atoms with Gasteiger partial charge >= 0.3 is 5.91 Å². The van der Waals surface area contributed by atoms with Crippen LogP contribution in [0, 0.1) is 0 Å². The van der Waals surface area contributed by atoms with E-state index in [0.717, 1.165) is 0 Å². The normalized spacial score (nSPS) is 21.5. The zero-order valence-electron chi connectivity index (χ0n) is 5.70.